The molecule has 2 N–H and O–H groups in total. The number of rotatable bonds is 3. The van der Waals surface area contributed by atoms with Crippen LogP contribution in [0.5, 0.6) is 0 Å². The van der Waals surface area contributed by atoms with Crippen LogP contribution in [0.3, 0.4) is 0 Å². The highest BCUT2D eigenvalue weighted by Crippen LogP contribution is 2.18. The largest absolute Gasteiger partial charge is 0.393 e. The summed E-state index contributed by atoms with van der Waals surface area (Å²) < 4.78 is 0. The van der Waals surface area contributed by atoms with Crippen LogP contribution >= 0.6 is 11.6 Å². The van der Waals surface area contributed by atoms with E-state index in [0.717, 1.165) is 25.7 Å². The number of halogens is 1. The standard InChI is InChI=1S/C15H17ClN4O2/c16-10-2-1-3-12(8-10)20-17-9-14(19-20)15(22)18-11-4-6-13(21)7-5-11/h1-3,8-9,11,13,21H,4-7H2,(H,18,22). The second kappa shape index (κ2) is 6.46. The van der Waals surface area contributed by atoms with Crippen molar-refractivity contribution in [2.45, 2.75) is 37.8 Å². The van der Waals surface area contributed by atoms with Gasteiger partial charge in [-0.3, -0.25) is 4.79 Å². The minimum atomic E-state index is -0.241. The van der Waals surface area contributed by atoms with Gasteiger partial charge in [0.05, 0.1) is 18.0 Å². The highest BCUT2D eigenvalue weighted by Gasteiger charge is 2.22. The van der Waals surface area contributed by atoms with E-state index in [9.17, 15) is 9.90 Å². The van der Waals surface area contributed by atoms with Crippen molar-refractivity contribution in [2.75, 3.05) is 0 Å². The van der Waals surface area contributed by atoms with Crippen molar-refractivity contribution in [3.63, 3.8) is 0 Å². The Morgan fingerprint density at radius 1 is 1.32 bits per heavy atom. The number of amides is 1. The predicted octanol–water partition coefficient (Wildman–Crippen LogP) is 1.95. The van der Waals surface area contributed by atoms with Crippen molar-refractivity contribution < 1.29 is 9.90 Å². The van der Waals surface area contributed by atoms with Gasteiger partial charge in [-0.1, -0.05) is 17.7 Å². The Bertz CT molecular complexity index is 665. The quantitative estimate of drug-likeness (QED) is 0.906. The summed E-state index contributed by atoms with van der Waals surface area (Å²) in [5.74, 6) is -0.241. The van der Waals surface area contributed by atoms with Gasteiger partial charge in [0.15, 0.2) is 5.69 Å². The molecule has 1 aliphatic carbocycles. The Balaban J connectivity index is 1.67. The molecular formula is C15H17ClN4O2. The Morgan fingerprint density at radius 3 is 2.82 bits per heavy atom. The van der Waals surface area contributed by atoms with Crippen molar-refractivity contribution in [1.29, 1.82) is 0 Å². The van der Waals surface area contributed by atoms with Crippen LogP contribution in [-0.2, 0) is 0 Å². The summed E-state index contributed by atoms with van der Waals surface area (Å²) in [4.78, 5) is 13.6. The summed E-state index contributed by atoms with van der Waals surface area (Å²) in [6, 6.07) is 7.20. The van der Waals surface area contributed by atoms with Crippen LogP contribution in [0, 0.1) is 0 Å². The molecule has 1 aliphatic rings. The molecule has 116 valence electrons. The van der Waals surface area contributed by atoms with Crippen LogP contribution < -0.4 is 5.32 Å². The zero-order valence-electron chi connectivity index (χ0n) is 11.9. The third-order valence-electron chi connectivity index (χ3n) is 3.80. The zero-order valence-corrected chi connectivity index (χ0v) is 12.7. The number of carbonyl (C=O) groups is 1. The summed E-state index contributed by atoms with van der Waals surface area (Å²) in [6.45, 7) is 0. The molecule has 1 amide bonds. The average molecular weight is 321 g/mol. The van der Waals surface area contributed by atoms with E-state index in [2.05, 4.69) is 15.5 Å². The lowest BCUT2D eigenvalue weighted by Crippen LogP contribution is -2.38. The summed E-state index contributed by atoms with van der Waals surface area (Å²) in [6.07, 6.45) is 4.22. The van der Waals surface area contributed by atoms with Gasteiger partial charge in [0, 0.05) is 11.1 Å². The van der Waals surface area contributed by atoms with E-state index in [4.69, 9.17) is 11.6 Å². The fraction of sp³-hybridized carbons (Fsp3) is 0.400. The minimum Gasteiger partial charge on any atom is -0.393 e. The number of hydrogen-bond acceptors (Lipinski definition) is 4. The molecule has 0 atom stereocenters. The molecule has 0 unspecified atom stereocenters. The van der Waals surface area contributed by atoms with Gasteiger partial charge < -0.3 is 10.4 Å². The van der Waals surface area contributed by atoms with Gasteiger partial charge in [-0.2, -0.15) is 9.90 Å². The molecule has 6 nitrogen and oxygen atoms in total. The molecule has 1 heterocycles. The number of nitrogens with one attached hydrogen (secondary N) is 1. The topological polar surface area (TPSA) is 80.0 Å². The lowest BCUT2D eigenvalue weighted by molar-refractivity contribution is 0.0863. The van der Waals surface area contributed by atoms with Crippen LogP contribution in [0.2, 0.25) is 5.02 Å². The monoisotopic (exact) mass is 320 g/mol. The minimum absolute atomic E-state index is 0.0900. The van der Waals surface area contributed by atoms with Gasteiger partial charge in [0.25, 0.3) is 5.91 Å². The smallest absolute Gasteiger partial charge is 0.273 e. The van der Waals surface area contributed by atoms with Crippen molar-refractivity contribution in [3.05, 3.63) is 41.2 Å². The van der Waals surface area contributed by atoms with E-state index >= 15 is 0 Å². The first kappa shape index (κ1) is 15.0. The lowest BCUT2D eigenvalue weighted by atomic mass is 9.93. The lowest BCUT2D eigenvalue weighted by Gasteiger charge is -2.25. The van der Waals surface area contributed by atoms with Gasteiger partial charge >= 0.3 is 0 Å². The number of aliphatic hydroxyl groups excluding tert-OH is 1. The molecule has 1 fully saturated rings. The predicted molar refractivity (Wildman–Crippen MR) is 82.1 cm³/mol. The molecule has 22 heavy (non-hydrogen) atoms. The maximum atomic E-state index is 12.2. The van der Waals surface area contributed by atoms with E-state index in [1.54, 1.807) is 18.2 Å². The molecule has 1 aromatic heterocycles. The van der Waals surface area contributed by atoms with Crippen LogP contribution in [0.25, 0.3) is 5.69 Å². The van der Waals surface area contributed by atoms with Gasteiger partial charge in [-0.15, -0.1) is 5.10 Å². The number of aromatic nitrogens is 3. The Hall–Kier alpha value is -1.92. The highest BCUT2D eigenvalue weighted by molar-refractivity contribution is 6.30. The number of aliphatic hydroxyl groups is 1. The van der Waals surface area contributed by atoms with Gasteiger partial charge in [0.2, 0.25) is 0 Å². The average Bonchev–Trinajstić information content (AvgIpc) is 3.00. The van der Waals surface area contributed by atoms with Crippen LogP contribution in [0.15, 0.2) is 30.5 Å². The maximum absolute atomic E-state index is 12.2. The summed E-state index contributed by atoms with van der Waals surface area (Å²) in [5.41, 5.74) is 0.971. The van der Waals surface area contributed by atoms with E-state index in [1.807, 2.05) is 6.07 Å². The fourth-order valence-corrected chi connectivity index (χ4v) is 2.76. The van der Waals surface area contributed by atoms with Crippen molar-refractivity contribution in [1.82, 2.24) is 20.3 Å². The number of hydrogen-bond donors (Lipinski definition) is 2. The normalized spacial score (nSPS) is 21.5. The Morgan fingerprint density at radius 2 is 2.09 bits per heavy atom. The molecule has 1 aromatic carbocycles. The summed E-state index contributed by atoms with van der Waals surface area (Å²) in [7, 11) is 0. The Labute approximate surface area is 133 Å². The SMILES string of the molecule is O=C(NC1CCC(O)CC1)c1cnn(-c2cccc(Cl)c2)n1. The molecule has 3 rings (SSSR count). The first-order valence-electron chi connectivity index (χ1n) is 7.29. The summed E-state index contributed by atoms with van der Waals surface area (Å²) >= 11 is 5.94. The molecule has 0 aliphatic heterocycles. The third-order valence-corrected chi connectivity index (χ3v) is 4.03. The van der Waals surface area contributed by atoms with Gasteiger partial charge in [-0.05, 0) is 43.9 Å². The molecule has 7 heteroatoms. The third kappa shape index (κ3) is 3.45. The molecule has 2 aromatic rings. The van der Waals surface area contributed by atoms with E-state index < -0.39 is 0 Å². The summed E-state index contributed by atoms with van der Waals surface area (Å²) in [5, 5.41) is 21.3. The number of benzene rings is 1. The van der Waals surface area contributed by atoms with Crippen molar-refractivity contribution in [3.8, 4) is 5.69 Å². The van der Waals surface area contributed by atoms with Crippen LogP contribution in [0.4, 0.5) is 0 Å². The first-order valence-corrected chi connectivity index (χ1v) is 7.67. The highest BCUT2D eigenvalue weighted by atomic mass is 35.5. The van der Waals surface area contributed by atoms with Crippen LogP contribution in [-0.4, -0.2) is 38.2 Å². The Kier molecular flexibility index (Phi) is 4.40. The number of nitrogens with zero attached hydrogens (tertiary/aromatic N) is 3. The van der Waals surface area contributed by atoms with Gasteiger partial charge in [0.1, 0.15) is 0 Å². The molecule has 0 spiro atoms. The van der Waals surface area contributed by atoms with Crippen molar-refractivity contribution in [2.24, 2.45) is 0 Å². The maximum Gasteiger partial charge on any atom is 0.273 e. The van der Waals surface area contributed by atoms with E-state index in [0.29, 0.717) is 10.7 Å². The van der Waals surface area contributed by atoms with E-state index in [-0.39, 0.29) is 23.7 Å². The van der Waals surface area contributed by atoms with Crippen molar-refractivity contribution >= 4 is 17.5 Å². The van der Waals surface area contributed by atoms with E-state index in [1.165, 1.54) is 11.0 Å². The molecule has 0 bridgehead atoms. The zero-order chi connectivity index (χ0) is 15.5. The molecular weight excluding hydrogens is 304 g/mol. The molecule has 1 saturated carbocycles. The van der Waals surface area contributed by atoms with Gasteiger partial charge in [-0.25, -0.2) is 0 Å². The first-order chi connectivity index (χ1) is 10.6. The van der Waals surface area contributed by atoms with Crippen LogP contribution in [0.1, 0.15) is 36.2 Å². The molecule has 0 radical (unpaired) electrons. The second-order valence-corrected chi connectivity index (χ2v) is 5.91. The molecule has 0 saturated heterocycles. The fourth-order valence-electron chi connectivity index (χ4n) is 2.57. The number of carbonyl (C=O) groups excluding carboxylic acids is 1. The second-order valence-electron chi connectivity index (χ2n) is 5.48.